The molecular formula is C42H36N2. The zero-order chi connectivity index (χ0) is 30.0. The lowest BCUT2D eigenvalue weighted by Gasteiger charge is -2.25. The van der Waals surface area contributed by atoms with Crippen molar-refractivity contribution in [3.63, 3.8) is 0 Å². The summed E-state index contributed by atoms with van der Waals surface area (Å²) in [6.45, 7) is 4.71. The molecule has 5 aromatic carbocycles. The molecule has 0 aromatic heterocycles. The highest BCUT2D eigenvalue weighted by Gasteiger charge is 2.12. The van der Waals surface area contributed by atoms with E-state index >= 15 is 0 Å². The van der Waals surface area contributed by atoms with E-state index in [-0.39, 0.29) is 0 Å². The van der Waals surface area contributed by atoms with Crippen LogP contribution in [0.4, 0.5) is 22.7 Å². The van der Waals surface area contributed by atoms with Gasteiger partial charge in [-0.15, -0.1) is 6.58 Å². The molecule has 0 aliphatic heterocycles. The van der Waals surface area contributed by atoms with Gasteiger partial charge in [0.1, 0.15) is 0 Å². The molecule has 0 saturated carbocycles. The molecule has 1 aliphatic carbocycles. The van der Waals surface area contributed by atoms with Gasteiger partial charge in [-0.3, -0.25) is 0 Å². The summed E-state index contributed by atoms with van der Waals surface area (Å²) in [7, 11) is 0. The first-order valence-electron chi connectivity index (χ1n) is 15.1. The first-order valence-corrected chi connectivity index (χ1v) is 15.1. The number of para-hydroxylation sites is 2. The quantitative estimate of drug-likeness (QED) is 0.122. The van der Waals surface area contributed by atoms with Crippen LogP contribution in [0.15, 0.2) is 182 Å². The fraction of sp³-hybridized carbons (Fsp3) is 0.0476. The van der Waals surface area contributed by atoms with Crippen LogP contribution >= 0.6 is 0 Å². The van der Waals surface area contributed by atoms with E-state index in [9.17, 15) is 0 Å². The minimum Gasteiger partial charge on any atom is -0.344 e. The molecule has 2 nitrogen and oxygen atoms in total. The van der Waals surface area contributed by atoms with Crippen molar-refractivity contribution in [3.05, 3.63) is 193 Å². The van der Waals surface area contributed by atoms with Crippen molar-refractivity contribution in [1.82, 2.24) is 0 Å². The van der Waals surface area contributed by atoms with Crippen LogP contribution in [0.2, 0.25) is 0 Å². The fourth-order valence-electron chi connectivity index (χ4n) is 5.36. The predicted octanol–water partition coefficient (Wildman–Crippen LogP) is 11.4. The zero-order valence-corrected chi connectivity index (χ0v) is 24.8. The van der Waals surface area contributed by atoms with E-state index in [1.165, 1.54) is 27.8 Å². The molecule has 2 heteroatoms. The third kappa shape index (κ3) is 7.06. The lowest BCUT2D eigenvalue weighted by Crippen LogP contribution is -2.16. The van der Waals surface area contributed by atoms with Crippen LogP contribution in [-0.2, 0) is 0 Å². The number of hydrogen-bond donors (Lipinski definition) is 0. The SMILES string of the molecule is C=CCN(C=C1C=CC=CC1)c1ccc(C=Cc2ccc(-c3ccc(N(c4ccccc4)c4ccccc4)cc3)cc2)cc1. The van der Waals surface area contributed by atoms with E-state index in [4.69, 9.17) is 0 Å². The molecule has 0 amide bonds. The topological polar surface area (TPSA) is 6.48 Å². The van der Waals surface area contributed by atoms with Gasteiger partial charge in [-0.1, -0.05) is 127 Å². The normalized spacial score (nSPS) is 13.3. The summed E-state index contributed by atoms with van der Waals surface area (Å²) in [6, 6.07) is 47.2. The Morgan fingerprint density at radius 2 is 1.05 bits per heavy atom. The van der Waals surface area contributed by atoms with Crippen molar-refractivity contribution in [1.29, 1.82) is 0 Å². The first-order chi connectivity index (χ1) is 21.8. The number of nitrogens with zero attached hydrogens (tertiary/aromatic N) is 2. The van der Waals surface area contributed by atoms with Crippen molar-refractivity contribution in [2.24, 2.45) is 0 Å². The Labute approximate surface area is 261 Å². The maximum absolute atomic E-state index is 3.94. The Bertz CT molecular complexity index is 1740. The van der Waals surface area contributed by atoms with Crippen LogP contribution in [0.3, 0.4) is 0 Å². The predicted molar refractivity (Wildman–Crippen MR) is 190 cm³/mol. The van der Waals surface area contributed by atoms with Crippen molar-refractivity contribution < 1.29 is 0 Å². The largest absolute Gasteiger partial charge is 0.344 e. The van der Waals surface area contributed by atoms with E-state index in [0.717, 1.165) is 35.7 Å². The van der Waals surface area contributed by atoms with Gasteiger partial charge in [-0.25, -0.2) is 0 Å². The van der Waals surface area contributed by atoms with Crippen molar-refractivity contribution >= 4 is 34.9 Å². The number of rotatable bonds is 10. The van der Waals surface area contributed by atoms with Gasteiger partial charge in [0.15, 0.2) is 0 Å². The molecule has 0 spiro atoms. The molecule has 1 aliphatic rings. The Balaban J connectivity index is 1.14. The number of benzene rings is 5. The molecule has 214 valence electrons. The summed E-state index contributed by atoms with van der Waals surface area (Å²) in [5, 5.41) is 0. The maximum atomic E-state index is 3.94. The number of anilines is 4. The van der Waals surface area contributed by atoms with Gasteiger partial charge >= 0.3 is 0 Å². The molecule has 0 heterocycles. The summed E-state index contributed by atoms with van der Waals surface area (Å²) in [5.41, 5.74) is 10.6. The Morgan fingerprint density at radius 3 is 1.57 bits per heavy atom. The minimum absolute atomic E-state index is 0.767. The van der Waals surface area contributed by atoms with Gasteiger partial charge in [0, 0.05) is 35.5 Å². The maximum Gasteiger partial charge on any atom is 0.0462 e. The first kappa shape index (κ1) is 28.5. The average Bonchev–Trinajstić information content (AvgIpc) is 3.10. The highest BCUT2D eigenvalue weighted by Crippen LogP contribution is 2.35. The molecule has 0 N–H and O–H groups in total. The van der Waals surface area contributed by atoms with Crippen LogP contribution < -0.4 is 9.80 Å². The highest BCUT2D eigenvalue weighted by atomic mass is 15.1. The second-order valence-electron chi connectivity index (χ2n) is 10.7. The van der Waals surface area contributed by atoms with E-state index in [1.807, 2.05) is 6.08 Å². The summed E-state index contributed by atoms with van der Waals surface area (Å²) < 4.78 is 0. The molecule has 44 heavy (non-hydrogen) atoms. The number of hydrogen-bond acceptors (Lipinski definition) is 2. The van der Waals surface area contributed by atoms with E-state index in [0.29, 0.717) is 0 Å². The molecular weight excluding hydrogens is 532 g/mol. The van der Waals surface area contributed by atoms with Crippen molar-refractivity contribution in [3.8, 4) is 11.1 Å². The third-order valence-electron chi connectivity index (χ3n) is 7.65. The van der Waals surface area contributed by atoms with Crippen molar-refractivity contribution in [2.45, 2.75) is 6.42 Å². The van der Waals surface area contributed by atoms with Crippen LogP contribution in [-0.4, -0.2) is 6.54 Å². The zero-order valence-electron chi connectivity index (χ0n) is 24.8. The van der Waals surface area contributed by atoms with Gasteiger partial charge in [0.05, 0.1) is 0 Å². The molecule has 0 bridgehead atoms. The second-order valence-corrected chi connectivity index (χ2v) is 10.7. The van der Waals surface area contributed by atoms with Gasteiger partial charge in [-0.2, -0.15) is 0 Å². The van der Waals surface area contributed by atoms with Gasteiger partial charge in [0.2, 0.25) is 0 Å². The summed E-state index contributed by atoms with van der Waals surface area (Å²) in [6.07, 6.45) is 18.0. The van der Waals surface area contributed by atoms with Gasteiger partial charge < -0.3 is 9.80 Å². The van der Waals surface area contributed by atoms with E-state index in [2.05, 4.69) is 192 Å². The van der Waals surface area contributed by atoms with Crippen LogP contribution in [0.1, 0.15) is 17.5 Å². The van der Waals surface area contributed by atoms with Crippen molar-refractivity contribution in [2.75, 3.05) is 16.3 Å². The molecule has 6 rings (SSSR count). The van der Waals surface area contributed by atoms with Crippen LogP contribution in [0.5, 0.6) is 0 Å². The molecule has 5 aromatic rings. The lowest BCUT2D eigenvalue weighted by molar-refractivity contribution is 1.06. The Hall–Kier alpha value is -5.60. The summed E-state index contributed by atoms with van der Waals surface area (Å²) >= 11 is 0. The average molecular weight is 569 g/mol. The highest BCUT2D eigenvalue weighted by molar-refractivity contribution is 5.79. The summed E-state index contributed by atoms with van der Waals surface area (Å²) in [5.74, 6) is 0. The second kappa shape index (κ2) is 14.0. The van der Waals surface area contributed by atoms with E-state index < -0.39 is 0 Å². The fourth-order valence-corrected chi connectivity index (χ4v) is 5.36. The lowest BCUT2D eigenvalue weighted by atomic mass is 10.0. The molecule has 0 fully saturated rings. The minimum atomic E-state index is 0.767. The smallest absolute Gasteiger partial charge is 0.0462 e. The molecule has 0 unspecified atom stereocenters. The van der Waals surface area contributed by atoms with Crippen LogP contribution in [0.25, 0.3) is 23.3 Å². The van der Waals surface area contributed by atoms with E-state index in [1.54, 1.807) is 0 Å². The molecule has 0 saturated heterocycles. The monoisotopic (exact) mass is 568 g/mol. The molecule has 0 radical (unpaired) electrons. The van der Waals surface area contributed by atoms with Gasteiger partial charge in [0.25, 0.3) is 0 Å². The standard InChI is InChI=1S/C42H36N2/c1-2-32-43(33-36-12-6-3-7-13-36)39-28-22-35(23-29-39)19-18-34-20-24-37(25-21-34)38-26-30-42(31-27-38)44(40-14-8-4-9-15-40)41-16-10-5-11-17-41/h2-12,14-31,33H,1,13,32H2. The number of allylic oxidation sites excluding steroid dienone is 5. The Kier molecular flexibility index (Phi) is 9.10. The summed E-state index contributed by atoms with van der Waals surface area (Å²) in [4.78, 5) is 4.52. The van der Waals surface area contributed by atoms with Crippen LogP contribution in [0, 0.1) is 0 Å². The van der Waals surface area contributed by atoms with Gasteiger partial charge in [-0.05, 0) is 82.8 Å². The third-order valence-corrected chi connectivity index (χ3v) is 7.65. The Morgan fingerprint density at radius 1 is 0.545 bits per heavy atom. The molecule has 0 atom stereocenters.